The van der Waals surface area contributed by atoms with Crippen LogP contribution in [0.25, 0.3) is 0 Å². The minimum absolute atomic E-state index is 0.0806. The van der Waals surface area contributed by atoms with E-state index in [1.165, 1.54) is 29.7 Å². The van der Waals surface area contributed by atoms with Crippen LogP contribution in [0.2, 0.25) is 0 Å². The fourth-order valence-corrected chi connectivity index (χ4v) is 3.21. The maximum Gasteiger partial charge on any atom is 0.263 e. The van der Waals surface area contributed by atoms with E-state index in [-0.39, 0.29) is 5.91 Å². The molecule has 1 amide bonds. The molecule has 100 valence electrons. The standard InChI is InChI=1S/C13H21N3OS/c1-3-4-7-16-13-9(8-5-6-8)10(14)11(18-13)12(17)15-2/h8,16H,3-7,14H2,1-2H3,(H,15,17). The van der Waals surface area contributed by atoms with Crippen LogP contribution in [-0.4, -0.2) is 19.5 Å². The van der Waals surface area contributed by atoms with Gasteiger partial charge in [-0.3, -0.25) is 4.79 Å². The van der Waals surface area contributed by atoms with Crippen LogP contribution in [0.1, 0.15) is 53.8 Å². The Labute approximate surface area is 112 Å². The molecule has 4 nitrogen and oxygen atoms in total. The monoisotopic (exact) mass is 267 g/mol. The molecule has 1 aromatic rings. The van der Waals surface area contributed by atoms with Crippen molar-refractivity contribution < 1.29 is 4.79 Å². The fourth-order valence-electron chi connectivity index (χ4n) is 2.03. The summed E-state index contributed by atoms with van der Waals surface area (Å²) in [5, 5.41) is 7.19. The van der Waals surface area contributed by atoms with Gasteiger partial charge < -0.3 is 16.4 Å². The lowest BCUT2D eigenvalue weighted by Gasteiger charge is -2.06. The smallest absolute Gasteiger partial charge is 0.263 e. The molecule has 0 aliphatic heterocycles. The van der Waals surface area contributed by atoms with Crippen LogP contribution in [0.4, 0.5) is 10.7 Å². The summed E-state index contributed by atoms with van der Waals surface area (Å²) in [5.41, 5.74) is 7.99. The first-order valence-corrected chi connectivity index (χ1v) is 7.38. The van der Waals surface area contributed by atoms with Crippen LogP contribution in [-0.2, 0) is 0 Å². The Balaban J connectivity index is 2.23. The van der Waals surface area contributed by atoms with Crippen molar-refractivity contribution >= 4 is 27.9 Å². The summed E-state index contributed by atoms with van der Waals surface area (Å²) in [4.78, 5) is 12.4. The largest absolute Gasteiger partial charge is 0.397 e. The predicted octanol–water partition coefficient (Wildman–Crippen LogP) is 2.78. The Hall–Kier alpha value is -1.23. The summed E-state index contributed by atoms with van der Waals surface area (Å²) < 4.78 is 0. The number of amides is 1. The highest BCUT2D eigenvalue weighted by Crippen LogP contribution is 2.50. The van der Waals surface area contributed by atoms with Crippen molar-refractivity contribution in [1.29, 1.82) is 0 Å². The van der Waals surface area contributed by atoms with Gasteiger partial charge in [-0.15, -0.1) is 11.3 Å². The Morgan fingerprint density at radius 1 is 1.50 bits per heavy atom. The number of rotatable bonds is 6. The molecule has 1 heterocycles. The molecule has 0 unspecified atom stereocenters. The zero-order chi connectivity index (χ0) is 13.1. The molecule has 0 radical (unpaired) electrons. The van der Waals surface area contributed by atoms with Crippen molar-refractivity contribution in [3.63, 3.8) is 0 Å². The molecule has 1 aliphatic carbocycles. The highest BCUT2D eigenvalue weighted by atomic mass is 32.1. The van der Waals surface area contributed by atoms with E-state index in [4.69, 9.17) is 5.73 Å². The van der Waals surface area contributed by atoms with E-state index in [1.54, 1.807) is 7.05 Å². The molecular formula is C13H21N3OS. The van der Waals surface area contributed by atoms with Gasteiger partial charge in [0.05, 0.1) is 10.7 Å². The summed E-state index contributed by atoms with van der Waals surface area (Å²) in [5.74, 6) is 0.478. The van der Waals surface area contributed by atoms with Crippen molar-refractivity contribution in [1.82, 2.24) is 5.32 Å². The first-order chi connectivity index (χ1) is 8.69. The van der Waals surface area contributed by atoms with E-state index in [9.17, 15) is 4.79 Å². The van der Waals surface area contributed by atoms with Gasteiger partial charge in [-0.25, -0.2) is 0 Å². The molecular weight excluding hydrogens is 246 g/mol. The normalized spacial score (nSPS) is 14.6. The molecule has 5 heteroatoms. The minimum Gasteiger partial charge on any atom is -0.397 e. The molecule has 1 aliphatic rings. The maximum absolute atomic E-state index is 11.8. The third-order valence-corrected chi connectivity index (χ3v) is 4.40. The molecule has 0 spiro atoms. The molecule has 0 atom stereocenters. The van der Waals surface area contributed by atoms with Crippen LogP contribution < -0.4 is 16.4 Å². The van der Waals surface area contributed by atoms with Gasteiger partial charge in [0.25, 0.3) is 5.91 Å². The van der Waals surface area contributed by atoms with Crippen molar-refractivity contribution in [2.75, 3.05) is 24.6 Å². The predicted molar refractivity (Wildman–Crippen MR) is 77.5 cm³/mol. The zero-order valence-corrected chi connectivity index (χ0v) is 11.8. The van der Waals surface area contributed by atoms with Crippen LogP contribution in [0.3, 0.4) is 0 Å². The number of carbonyl (C=O) groups is 1. The molecule has 2 rings (SSSR count). The van der Waals surface area contributed by atoms with Gasteiger partial charge in [0.1, 0.15) is 4.88 Å². The Kier molecular flexibility index (Phi) is 4.11. The molecule has 0 saturated heterocycles. The van der Waals surface area contributed by atoms with Crippen molar-refractivity contribution in [2.45, 2.75) is 38.5 Å². The molecule has 0 bridgehead atoms. The van der Waals surface area contributed by atoms with Crippen LogP contribution in [0.5, 0.6) is 0 Å². The lowest BCUT2D eigenvalue weighted by molar-refractivity contribution is 0.0968. The number of unbranched alkanes of at least 4 members (excludes halogenated alkanes) is 1. The SMILES string of the molecule is CCCCNc1sc(C(=O)NC)c(N)c1C1CC1. The van der Waals surface area contributed by atoms with E-state index in [0.29, 0.717) is 16.5 Å². The number of nitrogens with two attached hydrogens (primary N) is 1. The number of thiophene rings is 1. The summed E-state index contributed by atoms with van der Waals surface area (Å²) in [6, 6.07) is 0. The highest BCUT2D eigenvalue weighted by molar-refractivity contribution is 7.18. The number of hydrogen-bond donors (Lipinski definition) is 3. The molecule has 4 N–H and O–H groups in total. The number of anilines is 2. The van der Waals surface area contributed by atoms with Gasteiger partial charge in [0.2, 0.25) is 0 Å². The number of nitrogen functional groups attached to an aromatic ring is 1. The molecule has 1 saturated carbocycles. The lowest BCUT2D eigenvalue weighted by Crippen LogP contribution is -2.17. The van der Waals surface area contributed by atoms with Gasteiger partial charge >= 0.3 is 0 Å². The lowest BCUT2D eigenvalue weighted by atomic mass is 10.1. The zero-order valence-electron chi connectivity index (χ0n) is 11.0. The van der Waals surface area contributed by atoms with Gasteiger partial charge in [0.15, 0.2) is 0 Å². The number of carbonyl (C=O) groups excluding carboxylic acids is 1. The maximum atomic E-state index is 11.8. The van der Waals surface area contributed by atoms with Crippen LogP contribution >= 0.6 is 11.3 Å². The second-order valence-electron chi connectivity index (χ2n) is 4.72. The summed E-state index contributed by atoms with van der Waals surface area (Å²) >= 11 is 1.49. The Morgan fingerprint density at radius 2 is 2.22 bits per heavy atom. The molecule has 0 aromatic carbocycles. The Bertz CT molecular complexity index is 438. The third kappa shape index (κ3) is 2.61. The summed E-state index contributed by atoms with van der Waals surface area (Å²) in [6.07, 6.45) is 4.68. The number of hydrogen-bond acceptors (Lipinski definition) is 4. The molecule has 18 heavy (non-hydrogen) atoms. The van der Waals surface area contributed by atoms with Gasteiger partial charge in [-0.05, 0) is 25.2 Å². The van der Waals surface area contributed by atoms with E-state index in [0.717, 1.165) is 24.4 Å². The van der Waals surface area contributed by atoms with E-state index in [1.807, 2.05) is 0 Å². The van der Waals surface area contributed by atoms with Crippen molar-refractivity contribution in [2.24, 2.45) is 0 Å². The van der Waals surface area contributed by atoms with Gasteiger partial charge in [0, 0.05) is 19.2 Å². The average Bonchev–Trinajstić information content (AvgIpc) is 3.14. The number of nitrogens with one attached hydrogen (secondary N) is 2. The van der Waals surface area contributed by atoms with E-state index in [2.05, 4.69) is 17.6 Å². The fraction of sp³-hybridized carbons (Fsp3) is 0.615. The minimum atomic E-state index is -0.0806. The first kappa shape index (κ1) is 13.2. The quantitative estimate of drug-likeness (QED) is 0.694. The van der Waals surface area contributed by atoms with Gasteiger partial charge in [-0.1, -0.05) is 13.3 Å². The van der Waals surface area contributed by atoms with Crippen LogP contribution in [0, 0.1) is 0 Å². The third-order valence-electron chi connectivity index (χ3n) is 3.22. The van der Waals surface area contributed by atoms with Gasteiger partial charge in [-0.2, -0.15) is 0 Å². The summed E-state index contributed by atoms with van der Waals surface area (Å²) in [6.45, 7) is 3.12. The van der Waals surface area contributed by atoms with E-state index >= 15 is 0 Å². The summed E-state index contributed by atoms with van der Waals surface area (Å²) in [7, 11) is 1.64. The second kappa shape index (κ2) is 5.61. The average molecular weight is 267 g/mol. The Morgan fingerprint density at radius 3 is 2.78 bits per heavy atom. The van der Waals surface area contributed by atoms with Crippen molar-refractivity contribution in [3.05, 3.63) is 10.4 Å². The molecule has 1 fully saturated rings. The second-order valence-corrected chi connectivity index (χ2v) is 5.74. The molecule has 1 aromatic heterocycles. The first-order valence-electron chi connectivity index (χ1n) is 6.57. The van der Waals surface area contributed by atoms with E-state index < -0.39 is 0 Å². The highest BCUT2D eigenvalue weighted by Gasteiger charge is 2.32. The van der Waals surface area contributed by atoms with Crippen LogP contribution in [0.15, 0.2) is 0 Å². The van der Waals surface area contributed by atoms with Crippen molar-refractivity contribution in [3.8, 4) is 0 Å². The topological polar surface area (TPSA) is 67.2 Å².